The Morgan fingerprint density at radius 2 is 1.89 bits per heavy atom. The Kier molecular flexibility index (Phi) is 7.48. The highest BCUT2D eigenvalue weighted by molar-refractivity contribution is 7.89. The van der Waals surface area contributed by atoms with Crippen LogP contribution < -0.4 is 4.72 Å². The van der Waals surface area contributed by atoms with Crippen molar-refractivity contribution in [2.75, 3.05) is 19.6 Å². The average molecular weight is 418 g/mol. The van der Waals surface area contributed by atoms with E-state index in [0.29, 0.717) is 31.1 Å². The molecule has 7 nitrogen and oxygen atoms in total. The number of hydrogen-bond donors (Lipinski definition) is 1. The molecule has 0 spiro atoms. The van der Waals surface area contributed by atoms with Crippen LogP contribution in [0.4, 0.5) is 8.78 Å². The molecule has 1 N–H and O–H groups in total. The maximum atomic E-state index is 13.2. The Labute approximate surface area is 163 Å². The van der Waals surface area contributed by atoms with Crippen molar-refractivity contribution in [2.45, 2.75) is 44.1 Å². The van der Waals surface area contributed by atoms with Crippen molar-refractivity contribution in [3.8, 4) is 0 Å². The van der Waals surface area contributed by atoms with E-state index in [0.717, 1.165) is 18.9 Å². The van der Waals surface area contributed by atoms with Crippen LogP contribution in [0.5, 0.6) is 0 Å². The molecule has 10 heteroatoms. The topological polar surface area (TPSA) is 92.8 Å². The quantitative estimate of drug-likeness (QED) is 0.682. The molecule has 1 aliphatic rings. The number of amides is 1. The third-order valence-electron chi connectivity index (χ3n) is 4.57. The first kappa shape index (κ1) is 22.2. The van der Waals surface area contributed by atoms with Gasteiger partial charge in [-0.2, -0.15) is 0 Å². The zero-order valence-electron chi connectivity index (χ0n) is 15.8. The molecule has 1 aromatic rings. The van der Waals surface area contributed by atoms with Gasteiger partial charge in [0, 0.05) is 19.6 Å². The van der Waals surface area contributed by atoms with Crippen molar-refractivity contribution >= 4 is 21.9 Å². The molecule has 2 rings (SSSR count). The van der Waals surface area contributed by atoms with E-state index in [-0.39, 0.29) is 18.9 Å². The van der Waals surface area contributed by atoms with E-state index in [1.165, 1.54) is 6.92 Å². The van der Waals surface area contributed by atoms with E-state index in [1.807, 2.05) is 0 Å². The second kappa shape index (κ2) is 9.42. The van der Waals surface area contributed by atoms with Crippen LogP contribution in [0, 0.1) is 17.6 Å². The summed E-state index contributed by atoms with van der Waals surface area (Å²) < 4.78 is 57.3. The van der Waals surface area contributed by atoms with Gasteiger partial charge in [0.1, 0.15) is 0 Å². The van der Waals surface area contributed by atoms with Gasteiger partial charge in [-0.3, -0.25) is 9.59 Å². The number of ether oxygens (including phenoxy) is 1. The monoisotopic (exact) mass is 418 g/mol. The van der Waals surface area contributed by atoms with Gasteiger partial charge in [0.25, 0.3) is 5.91 Å². The maximum absolute atomic E-state index is 13.2. The third-order valence-corrected chi connectivity index (χ3v) is 6.03. The Balaban J connectivity index is 1.80. The summed E-state index contributed by atoms with van der Waals surface area (Å²) in [5, 5.41) is 0. The predicted molar refractivity (Wildman–Crippen MR) is 96.7 cm³/mol. The van der Waals surface area contributed by atoms with Crippen molar-refractivity contribution in [1.29, 1.82) is 0 Å². The molecule has 156 valence electrons. The second-order valence-corrected chi connectivity index (χ2v) is 8.63. The lowest BCUT2D eigenvalue weighted by Crippen LogP contribution is -2.44. The van der Waals surface area contributed by atoms with Gasteiger partial charge in [-0.15, -0.1) is 0 Å². The Morgan fingerprint density at radius 1 is 1.25 bits per heavy atom. The van der Waals surface area contributed by atoms with Crippen LogP contribution in [-0.4, -0.2) is 50.9 Å². The average Bonchev–Trinajstić information content (AvgIpc) is 2.63. The number of sulfonamides is 1. The molecule has 28 heavy (non-hydrogen) atoms. The number of carbonyl (C=O) groups is 2. The normalized spacial score (nSPS) is 16.6. The summed E-state index contributed by atoms with van der Waals surface area (Å²) in [5.74, 6) is -2.91. The lowest BCUT2D eigenvalue weighted by atomic mass is 9.99. The number of nitrogens with one attached hydrogen (secondary N) is 1. The number of likely N-dealkylation sites (tertiary alicyclic amines) is 1. The first-order chi connectivity index (χ1) is 13.1. The van der Waals surface area contributed by atoms with Crippen molar-refractivity contribution in [1.82, 2.24) is 9.62 Å². The fourth-order valence-corrected chi connectivity index (χ4v) is 3.85. The molecule has 0 bridgehead atoms. The van der Waals surface area contributed by atoms with Gasteiger partial charge in [-0.05, 0) is 43.9 Å². The molecular weight excluding hydrogens is 394 g/mol. The fourth-order valence-electron chi connectivity index (χ4n) is 2.81. The van der Waals surface area contributed by atoms with Crippen LogP contribution in [0.15, 0.2) is 23.1 Å². The van der Waals surface area contributed by atoms with Gasteiger partial charge in [-0.25, -0.2) is 21.9 Å². The second-order valence-electron chi connectivity index (χ2n) is 6.86. The van der Waals surface area contributed by atoms with Gasteiger partial charge in [0.05, 0.1) is 11.3 Å². The number of halogens is 2. The smallest absolute Gasteiger partial charge is 0.307 e. The Bertz CT molecular complexity index is 823. The van der Waals surface area contributed by atoms with E-state index in [2.05, 4.69) is 11.6 Å². The predicted octanol–water partition coefficient (Wildman–Crippen LogP) is 1.82. The number of hydrogen-bond acceptors (Lipinski definition) is 5. The number of nitrogens with zero attached hydrogens (tertiary/aromatic N) is 1. The zero-order valence-corrected chi connectivity index (χ0v) is 16.6. The first-order valence-corrected chi connectivity index (χ1v) is 10.5. The number of carbonyl (C=O) groups excluding carboxylic acids is 2. The number of piperidine rings is 1. The molecule has 0 unspecified atom stereocenters. The summed E-state index contributed by atoms with van der Waals surface area (Å²) in [6.07, 6.45) is 0.539. The molecule has 0 saturated carbocycles. The zero-order chi connectivity index (χ0) is 20.9. The Morgan fingerprint density at radius 3 is 2.50 bits per heavy atom. The lowest BCUT2D eigenvalue weighted by molar-refractivity contribution is -0.159. The van der Waals surface area contributed by atoms with E-state index in [4.69, 9.17) is 4.74 Å². The molecule has 0 aromatic heterocycles. The first-order valence-electron chi connectivity index (χ1n) is 9.03. The van der Waals surface area contributed by atoms with Crippen molar-refractivity contribution in [3.05, 3.63) is 29.8 Å². The van der Waals surface area contributed by atoms with Crippen molar-refractivity contribution < 1.29 is 31.5 Å². The summed E-state index contributed by atoms with van der Waals surface area (Å²) in [4.78, 5) is 25.4. The minimum absolute atomic E-state index is 0.275. The van der Waals surface area contributed by atoms with Crippen molar-refractivity contribution in [2.24, 2.45) is 5.92 Å². The minimum atomic E-state index is -4.10. The van der Waals surface area contributed by atoms with Gasteiger partial charge in [-0.1, -0.05) is 6.92 Å². The lowest BCUT2D eigenvalue weighted by Gasteiger charge is -2.31. The molecule has 1 fully saturated rings. The number of rotatable bonds is 7. The molecule has 1 amide bonds. The number of esters is 1. The van der Waals surface area contributed by atoms with Gasteiger partial charge >= 0.3 is 5.97 Å². The highest BCUT2D eigenvalue weighted by Gasteiger charge is 2.26. The summed E-state index contributed by atoms with van der Waals surface area (Å²) in [5.41, 5.74) is 0. The standard InChI is InChI=1S/C18H24F2N2O5S/c1-12-6-9-22(10-7-12)18(24)13(2)27-17(23)5-8-21-28(25,26)14-3-4-15(19)16(20)11-14/h3-4,11-13,21H,5-10H2,1-2H3/t13-/m1/s1. The summed E-state index contributed by atoms with van der Waals surface area (Å²) in [6.45, 7) is 4.53. The molecule has 1 aromatic carbocycles. The van der Waals surface area contributed by atoms with E-state index in [1.54, 1.807) is 4.90 Å². The van der Waals surface area contributed by atoms with E-state index >= 15 is 0 Å². The van der Waals surface area contributed by atoms with E-state index < -0.39 is 38.6 Å². The molecule has 1 saturated heterocycles. The molecular formula is C18H24F2N2O5S. The number of benzene rings is 1. The van der Waals surface area contributed by atoms with Crippen LogP contribution in [0.3, 0.4) is 0 Å². The molecule has 1 heterocycles. The summed E-state index contributed by atoms with van der Waals surface area (Å²) in [6, 6.07) is 2.17. The van der Waals surface area contributed by atoms with Crippen molar-refractivity contribution in [3.63, 3.8) is 0 Å². The summed E-state index contributed by atoms with van der Waals surface area (Å²) in [7, 11) is -4.10. The Hall–Kier alpha value is -2.07. The van der Waals surface area contributed by atoms with Crippen LogP contribution in [-0.2, 0) is 24.3 Å². The highest BCUT2D eigenvalue weighted by Crippen LogP contribution is 2.17. The van der Waals surface area contributed by atoms with Gasteiger partial charge in [0.15, 0.2) is 17.7 Å². The van der Waals surface area contributed by atoms with Crippen LogP contribution in [0.25, 0.3) is 0 Å². The minimum Gasteiger partial charge on any atom is -0.452 e. The fraction of sp³-hybridized carbons (Fsp3) is 0.556. The van der Waals surface area contributed by atoms with Gasteiger partial charge < -0.3 is 9.64 Å². The highest BCUT2D eigenvalue weighted by atomic mass is 32.2. The largest absolute Gasteiger partial charge is 0.452 e. The van der Waals surface area contributed by atoms with Crippen LogP contribution in [0.1, 0.15) is 33.1 Å². The molecule has 0 radical (unpaired) electrons. The summed E-state index contributed by atoms with van der Waals surface area (Å²) >= 11 is 0. The van der Waals surface area contributed by atoms with Gasteiger partial charge in [0.2, 0.25) is 10.0 Å². The molecule has 1 aliphatic heterocycles. The van der Waals surface area contributed by atoms with Crippen LogP contribution in [0.2, 0.25) is 0 Å². The van der Waals surface area contributed by atoms with Crippen LogP contribution >= 0.6 is 0 Å². The molecule has 0 aliphatic carbocycles. The molecule has 1 atom stereocenters. The van der Waals surface area contributed by atoms with E-state index in [9.17, 15) is 26.8 Å². The third kappa shape index (κ3) is 5.96. The SMILES string of the molecule is CC1CCN(C(=O)[C@@H](C)OC(=O)CCNS(=O)(=O)c2ccc(F)c(F)c2)CC1. The maximum Gasteiger partial charge on any atom is 0.307 e.